The molecule has 0 aliphatic rings. The van der Waals surface area contributed by atoms with Crippen molar-refractivity contribution in [2.24, 2.45) is 0 Å². The van der Waals surface area contributed by atoms with E-state index in [-0.39, 0.29) is 0 Å². The highest BCUT2D eigenvalue weighted by molar-refractivity contribution is 7.18. The monoisotopic (exact) mass is 316 g/mol. The summed E-state index contributed by atoms with van der Waals surface area (Å²) in [5.74, 6) is 0.545. The number of hydrogen-bond acceptors (Lipinski definition) is 5. The summed E-state index contributed by atoms with van der Waals surface area (Å²) >= 11 is 7.31. The summed E-state index contributed by atoms with van der Waals surface area (Å²) in [6.45, 7) is 4.13. The molecule has 0 saturated heterocycles. The van der Waals surface area contributed by atoms with Crippen LogP contribution < -0.4 is 5.32 Å². The molecule has 1 N–H and O–H groups in total. The number of rotatable bonds is 3. The maximum absolute atomic E-state index is 5.91. The van der Waals surface area contributed by atoms with Gasteiger partial charge in [0.15, 0.2) is 0 Å². The highest BCUT2D eigenvalue weighted by Crippen LogP contribution is 2.27. The summed E-state index contributed by atoms with van der Waals surface area (Å²) in [4.78, 5) is 13.0. The number of halogens is 1. The number of nitrogens with one attached hydrogen (secondary N) is 1. The third-order valence-electron chi connectivity index (χ3n) is 2.83. The number of nitrogens with zero attached hydrogens (tertiary/aromatic N) is 3. The van der Waals surface area contributed by atoms with Crippen molar-refractivity contribution in [3.63, 3.8) is 0 Å². The van der Waals surface area contributed by atoms with Gasteiger partial charge in [-0.2, -0.15) is 0 Å². The van der Waals surface area contributed by atoms with E-state index in [0.29, 0.717) is 10.3 Å². The first-order valence-corrected chi connectivity index (χ1v) is 7.60. The number of aromatic nitrogens is 3. The molecule has 106 valence electrons. The summed E-state index contributed by atoms with van der Waals surface area (Å²) < 4.78 is 0.646. The Bertz CT molecular complexity index is 765. The first-order valence-electron chi connectivity index (χ1n) is 6.40. The second kappa shape index (κ2) is 5.79. The molecule has 6 heteroatoms. The standard InChI is InChI=1S/C15H13ClN4S/c1-9-5-10(2)7-11(6-9)19-15-17-4-3-12(20-15)14-18-8-13(16)21-14/h3-8H,1-2H3,(H,17,19,20). The van der Waals surface area contributed by atoms with Gasteiger partial charge < -0.3 is 5.32 Å². The maximum atomic E-state index is 5.91. The zero-order chi connectivity index (χ0) is 14.8. The molecule has 0 radical (unpaired) electrons. The molecular weight excluding hydrogens is 304 g/mol. The van der Waals surface area contributed by atoms with E-state index in [1.54, 1.807) is 12.4 Å². The molecule has 0 saturated carbocycles. The van der Waals surface area contributed by atoms with Crippen LogP contribution in [-0.2, 0) is 0 Å². The molecule has 0 bridgehead atoms. The molecule has 0 fully saturated rings. The van der Waals surface area contributed by atoms with Gasteiger partial charge in [0.05, 0.1) is 6.20 Å². The van der Waals surface area contributed by atoms with Gasteiger partial charge in [0.1, 0.15) is 15.0 Å². The van der Waals surface area contributed by atoms with Crippen LogP contribution in [0, 0.1) is 13.8 Å². The van der Waals surface area contributed by atoms with Crippen molar-refractivity contribution in [3.05, 3.63) is 52.1 Å². The van der Waals surface area contributed by atoms with Crippen LogP contribution in [0.2, 0.25) is 4.34 Å². The first-order chi connectivity index (χ1) is 10.1. The van der Waals surface area contributed by atoms with Crippen molar-refractivity contribution in [2.75, 3.05) is 5.32 Å². The predicted molar refractivity (Wildman–Crippen MR) is 87.3 cm³/mol. The molecule has 2 aromatic heterocycles. The molecule has 0 amide bonds. The average molecular weight is 317 g/mol. The van der Waals surface area contributed by atoms with Crippen LogP contribution in [0.3, 0.4) is 0 Å². The highest BCUT2D eigenvalue weighted by Gasteiger charge is 2.07. The van der Waals surface area contributed by atoms with Gasteiger partial charge in [-0.25, -0.2) is 15.0 Å². The molecular formula is C15H13ClN4S. The van der Waals surface area contributed by atoms with Gasteiger partial charge in [-0.15, -0.1) is 11.3 Å². The number of aryl methyl sites for hydroxylation is 2. The van der Waals surface area contributed by atoms with Crippen molar-refractivity contribution in [1.82, 2.24) is 15.0 Å². The zero-order valence-electron chi connectivity index (χ0n) is 11.6. The third-order valence-corrected chi connectivity index (χ3v) is 3.97. The van der Waals surface area contributed by atoms with Gasteiger partial charge in [-0.3, -0.25) is 0 Å². The lowest BCUT2D eigenvalue weighted by atomic mass is 10.1. The van der Waals surface area contributed by atoms with Crippen molar-refractivity contribution in [1.29, 1.82) is 0 Å². The molecule has 0 atom stereocenters. The molecule has 3 rings (SSSR count). The smallest absolute Gasteiger partial charge is 0.227 e. The Morgan fingerprint density at radius 3 is 2.52 bits per heavy atom. The molecule has 21 heavy (non-hydrogen) atoms. The summed E-state index contributed by atoms with van der Waals surface area (Å²) in [5.41, 5.74) is 4.12. The molecule has 2 heterocycles. The van der Waals surface area contributed by atoms with Crippen LogP contribution in [0.4, 0.5) is 11.6 Å². The first kappa shape index (κ1) is 14.0. The molecule has 0 aliphatic heterocycles. The number of anilines is 2. The lowest BCUT2D eigenvalue weighted by Crippen LogP contribution is -1.98. The van der Waals surface area contributed by atoms with Crippen LogP contribution >= 0.6 is 22.9 Å². The van der Waals surface area contributed by atoms with Crippen molar-refractivity contribution in [3.8, 4) is 10.7 Å². The fraction of sp³-hybridized carbons (Fsp3) is 0.133. The van der Waals surface area contributed by atoms with Crippen LogP contribution in [0.15, 0.2) is 36.7 Å². The van der Waals surface area contributed by atoms with Gasteiger partial charge in [-0.05, 0) is 43.2 Å². The Labute approximate surface area is 131 Å². The van der Waals surface area contributed by atoms with Crippen LogP contribution in [-0.4, -0.2) is 15.0 Å². The maximum Gasteiger partial charge on any atom is 0.227 e. The normalized spacial score (nSPS) is 10.6. The second-order valence-corrected chi connectivity index (χ2v) is 6.40. The number of benzene rings is 1. The fourth-order valence-corrected chi connectivity index (χ4v) is 2.97. The molecule has 0 unspecified atom stereocenters. The van der Waals surface area contributed by atoms with Gasteiger partial charge in [0, 0.05) is 11.9 Å². The molecule has 3 aromatic rings. The molecule has 4 nitrogen and oxygen atoms in total. The minimum atomic E-state index is 0.545. The molecule has 0 spiro atoms. The van der Waals surface area contributed by atoms with Gasteiger partial charge >= 0.3 is 0 Å². The summed E-state index contributed by atoms with van der Waals surface area (Å²) in [6.07, 6.45) is 3.34. The van der Waals surface area contributed by atoms with Crippen molar-refractivity contribution >= 4 is 34.6 Å². The molecule has 0 aliphatic carbocycles. The summed E-state index contributed by atoms with van der Waals surface area (Å²) in [7, 11) is 0. The Morgan fingerprint density at radius 2 is 1.86 bits per heavy atom. The second-order valence-electron chi connectivity index (χ2n) is 4.74. The Morgan fingerprint density at radius 1 is 1.10 bits per heavy atom. The fourth-order valence-electron chi connectivity index (χ4n) is 2.09. The van der Waals surface area contributed by atoms with E-state index in [9.17, 15) is 0 Å². The minimum absolute atomic E-state index is 0.545. The van der Waals surface area contributed by atoms with E-state index in [0.717, 1.165) is 16.4 Å². The zero-order valence-corrected chi connectivity index (χ0v) is 13.2. The number of thiazole rings is 1. The van der Waals surface area contributed by atoms with Gasteiger partial charge in [0.2, 0.25) is 5.95 Å². The lowest BCUT2D eigenvalue weighted by molar-refractivity contribution is 1.16. The topological polar surface area (TPSA) is 50.7 Å². The average Bonchev–Trinajstić information content (AvgIpc) is 2.84. The van der Waals surface area contributed by atoms with Crippen LogP contribution in [0.25, 0.3) is 10.7 Å². The van der Waals surface area contributed by atoms with Crippen molar-refractivity contribution < 1.29 is 0 Å². The third kappa shape index (κ3) is 3.37. The highest BCUT2D eigenvalue weighted by atomic mass is 35.5. The van der Waals surface area contributed by atoms with E-state index in [2.05, 4.69) is 52.3 Å². The Hall–Kier alpha value is -1.98. The largest absolute Gasteiger partial charge is 0.324 e. The van der Waals surface area contributed by atoms with Crippen LogP contribution in [0.1, 0.15) is 11.1 Å². The summed E-state index contributed by atoms with van der Waals surface area (Å²) in [5, 5.41) is 4.01. The molecule has 1 aromatic carbocycles. The lowest BCUT2D eigenvalue weighted by Gasteiger charge is -2.07. The number of hydrogen-bond donors (Lipinski definition) is 1. The predicted octanol–water partition coefficient (Wildman–Crippen LogP) is 4.61. The SMILES string of the molecule is Cc1cc(C)cc(Nc2nccc(-c3ncc(Cl)s3)n2)c1. The minimum Gasteiger partial charge on any atom is -0.324 e. The Kier molecular flexibility index (Phi) is 3.86. The van der Waals surface area contributed by atoms with E-state index >= 15 is 0 Å². The van der Waals surface area contributed by atoms with Crippen molar-refractivity contribution in [2.45, 2.75) is 13.8 Å². The van der Waals surface area contributed by atoms with E-state index in [1.165, 1.54) is 22.5 Å². The van der Waals surface area contributed by atoms with E-state index in [4.69, 9.17) is 11.6 Å². The summed E-state index contributed by atoms with van der Waals surface area (Å²) in [6, 6.07) is 8.06. The Balaban J connectivity index is 1.89. The van der Waals surface area contributed by atoms with Crippen LogP contribution in [0.5, 0.6) is 0 Å². The van der Waals surface area contributed by atoms with E-state index in [1.807, 2.05) is 6.07 Å². The quantitative estimate of drug-likeness (QED) is 0.766. The van der Waals surface area contributed by atoms with Gasteiger partial charge in [-0.1, -0.05) is 17.7 Å². The van der Waals surface area contributed by atoms with Gasteiger partial charge in [0.25, 0.3) is 0 Å². The van der Waals surface area contributed by atoms with E-state index < -0.39 is 0 Å².